The summed E-state index contributed by atoms with van der Waals surface area (Å²) in [7, 11) is 0. The second-order valence-electron chi connectivity index (χ2n) is 6.34. The summed E-state index contributed by atoms with van der Waals surface area (Å²) < 4.78 is 5.60. The van der Waals surface area contributed by atoms with Crippen molar-refractivity contribution in [3.8, 4) is 0 Å². The average molecular weight is 344 g/mol. The highest BCUT2D eigenvalue weighted by Crippen LogP contribution is 2.21. The summed E-state index contributed by atoms with van der Waals surface area (Å²) in [5, 5.41) is 3.24. The van der Waals surface area contributed by atoms with Crippen LogP contribution in [0.15, 0.2) is 22.6 Å². The maximum atomic E-state index is 12.6. The van der Waals surface area contributed by atoms with Crippen molar-refractivity contribution in [2.45, 2.75) is 33.2 Å². The number of aryl methyl sites for hydroxylation is 1. The van der Waals surface area contributed by atoms with Crippen LogP contribution in [0.25, 0.3) is 11.1 Å². The molecule has 1 aliphatic rings. The van der Waals surface area contributed by atoms with Crippen molar-refractivity contribution in [1.29, 1.82) is 0 Å². The minimum Gasteiger partial charge on any atom is -0.441 e. The topological polar surface area (TPSA) is 78.7 Å². The van der Waals surface area contributed by atoms with Gasteiger partial charge in [-0.1, -0.05) is 6.92 Å². The largest absolute Gasteiger partial charge is 0.441 e. The Morgan fingerprint density at radius 3 is 2.56 bits per heavy atom. The number of hydrogen-bond donors (Lipinski definition) is 1. The van der Waals surface area contributed by atoms with Crippen molar-refractivity contribution < 1.29 is 14.0 Å². The molecule has 2 amide bonds. The summed E-state index contributed by atoms with van der Waals surface area (Å²) >= 11 is 0. The quantitative estimate of drug-likeness (QED) is 0.916. The molecule has 1 saturated heterocycles. The summed E-state index contributed by atoms with van der Waals surface area (Å²) in [6.45, 7) is 7.75. The van der Waals surface area contributed by atoms with Crippen LogP contribution in [0.3, 0.4) is 0 Å². The summed E-state index contributed by atoms with van der Waals surface area (Å²) in [5.74, 6) is 0.808. The zero-order valence-corrected chi connectivity index (χ0v) is 14.9. The Hall–Kier alpha value is -2.57. The normalized spacial score (nSPS) is 16.1. The van der Waals surface area contributed by atoms with Gasteiger partial charge < -0.3 is 19.5 Å². The number of piperazine rings is 1. The lowest BCUT2D eigenvalue weighted by atomic mass is 10.2. The number of carbonyl (C=O) groups excluding carboxylic acids is 2. The van der Waals surface area contributed by atoms with Gasteiger partial charge in [0.2, 0.25) is 11.8 Å². The fourth-order valence-electron chi connectivity index (χ4n) is 3.04. The molecule has 1 fully saturated rings. The maximum absolute atomic E-state index is 12.6. The molecule has 0 spiro atoms. The molecule has 3 rings (SSSR count). The van der Waals surface area contributed by atoms with E-state index in [0.717, 1.165) is 23.2 Å². The number of anilines is 1. The number of oxazole rings is 1. The highest BCUT2D eigenvalue weighted by atomic mass is 16.3. The minimum absolute atomic E-state index is 0.0395. The van der Waals surface area contributed by atoms with Gasteiger partial charge in [0.15, 0.2) is 11.5 Å². The van der Waals surface area contributed by atoms with Gasteiger partial charge in [0.1, 0.15) is 11.6 Å². The Balaban J connectivity index is 1.62. The highest BCUT2D eigenvalue weighted by Gasteiger charge is 2.25. The van der Waals surface area contributed by atoms with Crippen LogP contribution in [0.4, 0.5) is 5.69 Å². The number of carbonyl (C=O) groups is 2. The second-order valence-corrected chi connectivity index (χ2v) is 6.34. The molecule has 1 unspecified atom stereocenters. The molecule has 0 radical (unpaired) electrons. The second kappa shape index (κ2) is 7.13. The lowest BCUT2D eigenvalue weighted by Gasteiger charge is -2.35. The lowest BCUT2D eigenvalue weighted by molar-refractivity contribution is -0.138. The minimum atomic E-state index is -0.348. The first-order valence-electron chi connectivity index (χ1n) is 8.68. The van der Waals surface area contributed by atoms with Gasteiger partial charge in [0.25, 0.3) is 0 Å². The predicted octanol–water partition coefficient (Wildman–Crippen LogP) is 1.88. The van der Waals surface area contributed by atoms with E-state index in [9.17, 15) is 9.59 Å². The Kier molecular flexibility index (Phi) is 4.92. The van der Waals surface area contributed by atoms with Crippen molar-refractivity contribution >= 4 is 28.6 Å². The van der Waals surface area contributed by atoms with Crippen molar-refractivity contribution in [3.63, 3.8) is 0 Å². The average Bonchev–Trinajstić information content (AvgIpc) is 3.03. The molecule has 1 aromatic carbocycles. The first-order valence-corrected chi connectivity index (χ1v) is 8.68. The van der Waals surface area contributed by atoms with E-state index in [-0.39, 0.29) is 17.9 Å². The van der Waals surface area contributed by atoms with E-state index >= 15 is 0 Å². The summed E-state index contributed by atoms with van der Waals surface area (Å²) in [6, 6.07) is 5.31. The molecule has 1 aromatic heterocycles. The van der Waals surface area contributed by atoms with Crippen LogP contribution in [0.2, 0.25) is 0 Å². The molecule has 0 saturated carbocycles. The van der Waals surface area contributed by atoms with Gasteiger partial charge in [-0.15, -0.1) is 0 Å². The van der Waals surface area contributed by atoms with Crippen molar-refractivity contribution in [2.24, 2.45) is 0 Å². The molecule has 1 N–H and O–H groups in total. The van der Waals surface area contributed by atoms with Crippen LogP contribution in [-0.4, -0.2) is 58.8 Å². The molecule has 7 heteroatoms. The first-order chi connectivity index (χ1) is 12.0. The van der Waals surface area contributed by atoms with Crippen LogP contribution >= 0.6 is 0 Å². The third kappa shape index (κ3) is 3.75. The SMILES string of the molecule is CCc1nc2cc(NC(C)C(=O)N3CCN(C(C)=O)CC3)ccc2o1. The Morgan fingerprint density at radius 2 is 1.92 bits per heavy atom. The monoisotopic (exact) mass is 344 g/mol. The van der Waals surface area contributed by atoms with Crippen LogP contribution < -0.4 is 5.32 Å². The highest BCUT2D eigenvalue weighted by molar-refractivity contribution is 5.86. The van der Waals surface area contributed by atoms with E-state index in [2.05, 4.69) is 10.3 Å². The van der Waals surface area contributed by atoms with Gasteiger partial charge in [-0.05, 0) is 25.1 Å². The van der Waals surface area contributed by atoms with Crippen molar-refractivity contribution in [2.75, 3.05) is 31.5 Å². The molecule has 2 heterocycles. The molecular formula is C18H24N4O3. The van der Waals surface area contributed by atoms with Gasteiger partial charge in [0.05, 0.1) is 0 Å². The zero-order valence-electron chi connectivity index (χ0n) is 14.9. The van der Waals surface area contributed by atoms with Crippen LogP contribution in [0.5, 0.6) is 0 Å². The van der Waals surface area contributed by atoms with Gasteiger partial charge in [0, 0.05) is 45.2 Å². The van der Waals surface area contributed by atoms with E-state index in [4.69, 9.17) is 4.42 Å². The Bertz CT molecular complexity index is 778. The molecule has 1 aliphatic heterocycles. The molecule has 7 nitrogen and oxygen atoms in total. The molecule has 2 aromatic rings. The number of amides is 2. The molecule has 134 valence electrons. The number of nitrogens with one attached hydrogen (secondary N) is 1. The van der Waals surface area contributed by atoms with Crippen molar-refractivity contribution in [1.82, 2.24) is 14.8 Å². The number of rotatable bonds is 4. The van der Waals surface area contributed by atoms with Gasteiger partial charge >= 0.3 is 0 Å². The summed E-state index contributed by atoms with van der Waals surface area (Å²) in [6.07, 6.45) is 0.749. The van der Waals surface area contributed by atoms with E-state index in [0.29, 0.717) is 32.1 Å². The fourth-order valence-corrected chi connectivity index (χ4v) is 3.04. The fraction of sp³-hybridized carbons (Fsp3) is 0.500. The summed E-state index contributed by atoms with van der Waals surface area (Å²) in [5.41, 5.74) is 2.38. The molecule has 25 heavy (non-hydrogen) atoms. The number of hydrogen-bond acceptors (Lipinski definition) is 5. The Morgan fingerprint density at radius 1 is 1.24 bits per heavy atom. The lowest BCUT2D eigenvalue weighted by Crippen LogP contribution is -2.53. The van der Waals surface area contributed by atoms with Crippen molar-refractivity contribution in [3.05, 3.63) is 24.1 Å². The third-order valence-electron chi connectivity index (χ3n) is 4.52. The molecule has 0 bridgehead atoms. The first kappa shape index (κ1) is 17.3. The van der Waals surface area contributed by atoms with E-state index in [1.165, 1.54) is 0 Å². The maximum Gasteiger partial charge on any atom is 0.244 e. The summed E-state index contributed by atoms with van der Waals surface area (Å²) in [4.78, 5) is 32.0. The number of benzene rings is 1. The Labute approximate surface area is 147 Å². The molecular weight excluding hydrogens is 320 g/mol. The molecule has 1 atom stereocenters. The van der Waals surface area contributed by atoms with Gasteiger partial charge in [-0.3, -0.25) is 9.59 Å². The zero-order chi connectivity index (χ0) is 18.0. The molecule has 0 aliphatic carbocycles. The van der Waals surface area contributed by atoms with E-state index in [1.54, 1.807) is 16.7 Å². The van der Waals surface area contributed by atoms with Crippen LogP contribution in [0.1, 0.15) is 26.7 Å². The van der Waals surface area contributed by atoms with Gasteiger partial charge in [-0.25, -0.2) is 4.98 Å². The number of aromatic nitrogens is 1. The van der Waals surface area contributed by atoms with Gasteiger partial charge in [-0.2, -0.15) is 0 Å². The smallest absolute Gasteiger partial charge is 0.244 e. The predicted molar refractivity (Wildman–Crippen MR) is 95.3 cm³/mol. The van der Waals surface area contributed by atoms with Crippen LogP contribution in [-0.2, 0) is 16.0 Å². The van der Waals surface area contributed by atoms with E-state index in [1.807, 2.05) is 32.0 Å². The number of fused-ring (bicyclic) bond motifs is 1. The third-order valence-corrected chi connectivity index (χ3v) is 4.52. The van der Waals surface area contributed by atoms with Crippen LogP contribution in [0, 0.1) is 0 Å². The van der Waals surface area contributed by atoms with E-state index < -0.39 is 0 Å². The number of nitrogens with zero attached hydrogens (tertiary/aromatic N) is 3. The standard InChI is InChI=1S/C18H24N4O3/c1-4-17-20-15-11-14(5-6-16(15)25-17)19-12(2)18(24)22-9-7-21(8-10-22)13(3)23/h5-6,11-12,19H,4,7-10H2,1-3H3.